The number of rotatable bonds is 13. The van der Waals surface area contributed by atoms with Crippen LogP contribution in [0.25, 0.3) is 6.08 Å². The Morgan fingerprint density at radius 1 is 1.07 bits per heavy atom. The fourth-order valence-electron chi connectivity index (χ4n) is 3.79. The van der Waals surface area contributed by atoms with Crippen LogP contribution in [-0.4, -0.2) is 34.0 Å². The van der Waals surface area contributed by atoms with Crippen LogP contribution in [0.15, 0.2) is 53.0 Å². The zero-order valence-corrected chi connectivity index (χ0v) is 18.3. The van der Waals surface area contributed by atoms with E-state index in [0.29, 0.717) is 0 Å². The summed E-state index contributed by atoms with van der Waals surface area (Å²) in [5.41, 5.74) is 5.04. The normalized spacial score (nSPS) is 16.0. The second kappa shape index (κ2) is 11.6. The van der Waals surface area contributed by atoms with E-state index >= 15 is 0 Å². The van der Waals surface area contributed by atoms with Gasteiger partial charge in [0.15, 0.2) is 0 Å². The monoisotopic (exact) mass is 409 g/mol. The van der Waals surface area contributed by atoms with Crippen LogP contribution in [0.3, 0.4) is 0 Å². The first-order valence-corrected chi connectivity index (χ1v) is 11.2. The maximum absolute atomic E-state index is 9.27. The lowest BCUT2D eigenvalue weighted by Gasteiger charge is -2.04. The number of nitrogens with one attached hydrogen (secondary N) is 2. The van der Waals surface area contributed by atoms with E-state index in [-0.39, 0.29) is 6.10 Å². The van der Waals surface area contributed by atoms with Crippen molar-refractivity contribution in [3.8, 4) is 0 Å². The average molecular weight is 410 g/mol. The van der Waals surface area contributed by atoms with Crippen LogP contribution >= 0.6 is 0 Å². The molecular weight excluding hydrogens is 374 g/mol. The second-order valence-corrected chi connectivity index (χ2v) is 8.12. The molecule has 162 valence electrons. The first kappa shape index (κ1) is 22.2. The smallest absolute Gasteiger partial charge is 0.146 e. The fourth-order valence-corrected chi connectivity index (χ4v) is 3.79. The SMILES string of the molecule is COC1=CC(c2ccc[nH]2)=NC1=Cc1ccc(CCCCCCCCCC(C)O)[nH]1. The molecule has 3 rings (SSSR count). The summed E-state index contributed by atoms with van der Waals surface area (Å²) >= 11 is 0. The maximum atomic E-state index is 9.27. The van der Waals surface area contributed by atoms with Crippen molar-refractivity contribution in [2.24, 2.45) is 4.99 Å². The van der Waals surface area contributed by atoms with Gasteiger partial charge in [-0.3, -0.25) is 0 Å². The van der Waals surface area contributed by atoms with E-state index in [1.54, 1.807) is 7.11 Å². The zero-order chi connectivity index (χ0) is 21.2. The number of ether oxygens (including phenoxy) is 1. The Hall–Kier alpha value is -2.53. The molecule has 5 heteroatoms. The molecule has 0 radical (unpaired) electrons. The van der Waals surface area contributed by atoms with Gasteiger partial charge in [0.05, 0.1) is 24.6 Å². The molecule has 3 heterocycles. The molecule has 0 saturated heterocycles. The summed E-state index contributed by atoms with van der Waals surface area (Å²) in [5.74, 6) is 0.782. The van der Waals surface area contributed by atoms with Crippen LogP contribution in [0.5, 0.6) is 0 Å². The molecule has 0 amide bonds. The predicted molar refractivity (Wildman–Crippen MR) is 124 cm³/mol. The van der Waals surface area contributed by atoms with Crippen molar-refractivity contribution in [2.45, 2.75) is 70.8 Å². The molecule has 0 fully saturated rings. The van der Waals surface area contributed by atoms with Crippen molar-refractivity contribution in [1.82, 2.24) is 9.97 Å². The maximum Gasteiger partial charge on any atom is 0.146 e. The number of aryl methyl sites for hydroxylation is 1. The number of H-pyrrole nitrogens is 2. The van der Waals surface area contributed by atoms with Crippen LogP contribution in [0, 0.1) is 0 Å². The van der Waals surface area contributed by atoms with Crippen LogP contribution in [0.2, 0.25) is 0 Å². The van der Waals surface area contributed by atoms with Crippen molar-refractivity contribution in [2.75, 3.05) is 7.11 Å². The Labute approximate surface area is 180 Å². The molecule has 0 spiro atoms. The van der Waals surface area contributed by atoms with Gasteiger partial charge in [-0.05, 0) is 56.5 Å². The number of aliphatic hydroxyl groups is 1. The number of aliphatic hydroxyl groups excluding tert-OH is 1. The van der Waals surface area contributed by atoms with E-state index in [9.17, 15) is 5.11 Å². The highest BCUT2D eigenvalue weighted by Crippen LogP contribution is 2.24. The van der Waals surface area contributed by atoms with Gasteiger partial charge in [0.25, 0.3) is 0 Å². The molecule has 1 unspecified atom stereocenters. The quantitative estimate of drug-likeness (QED) is 0.368. The summed E-state index contributed by atoms with van der Waals surface area (Å²) in [7, 11) is 1.68. The zero-order valence-electron chi connectivity index (χ0n) is 18.3. The number of unbranched alkanes of at least 4 members (excludes halogenated alkanes) is 6. The Kier molecular flexibility index (Phi) is 8.57. The summed E-state index contributed by atoms with van der Waals surface area (Å²) in [5, 5.41) is 9.27. The van der Waals surface area contributed by atoms with Gasteiger partial charge in [0.1, 0.15) is 11.5 Å². The minimum Gasteiger partial charge on any atom is -0.494 e. The Morgan fingerprint density at radius 3 is 2.53 bits per heavy atom. The van der Waals surface area contributed by atoms with Gasteiger partial charge in [0.2, 0.25) is 0 Å². The Balaban J connectivity index is 1.41. The molecule has 5 nitrogen and oxygen atoms in total. The van der Waals surface area contributed by atoms with Crippen molar-refractivity contribution in [1.29, 1.82) is 0 Å². The van der Waals surface area contributed by atoms with E-state index < -0.39 is 0 Å². The molecule has 1 aliphatic heterocycles. The fraction of sp³-hybridized carbons (Fsp3) is 0.480. The third kappa shape index (κ3) is 6.77. The standard InChI is InChI=1S/C25H35N3O2/c1-19(29)11-8-6-4-3-5-7-9-12-20-14-15-21(27-20)17-24-25(30-2)18-23(28-24)22-13-10-16-26-22/h10,13-19,26-27,29H,3-9,11-12H2,1-2H3. The summed E-state index contributed by atoms with van der Waals surface area (Å²) in [6, 6.07) is 8.26. The van der Waals surface area contributed by atoms with Gasteiger partial charge in [0, 0.05) is 23.7 Å². The predicted octanol–water partition coefficient (Wildman–Crippen LogP) is 5.76. The van der Waals surface area contributed by atoms with Gasteiger partial charge in [-0.15, -0.1) is 0 Å². The molecule has 0 bridgehead atoms. The Morgan fingerprint density at radius 2 is 1.83 bits per heavy atom. The van der Waals surface area contributed by atoms with Crippen molar-refractivity contribution < 1.29 is 9.84 Å². The van der Waals surface area contributed by atoms with Crippen LogP contribution < -0.4 is 0 Å². The van der Waals surface area contributed by atoms with Crippen molar-refractivity contribution in [3.05, 3.63) is 65.1 Å². The van der Waals surface area contributed by atoms with Gasteiger partial charge in [-0.1, -0.05) is 38.5 Å². The Bertz CT molecular complexity index is 857. The number of aromatic nitrogens is 2. The average Bonchev–Trinajstić information content (AvgIpc) is 3.47. The van der Waals surface area contributed by atoms with Crippen molar-refractivity contribution >= 4 is 11.8 Å². The first-order valence-electron chi connectivity index (χ1n) is 11.2. The van der Waals surface area contributed by atoms with E-state index in [0.717, 1.165) is 47.8 Å². The highest BCUT2D eigenvalue weighted by atomic mass is 16.5. The highest BCUT2D eigenvalue weighted by molar-refractivity contribution is 6.11. The number of hydrogen-bond donors (Lipinski definition) is 3. The largest absolute Gasteiger partial charge is 0.494 e. The molecule has 30 heavy (non-hydrogen) atoms. The van der Waals surface area contributed by atoms with Crippen LogP contribution in [-0.2, 0) is 11.2 Å². The van der Waals surface area contributed by atoms with Gasteiger partial charge in [-0.2, -0.15) is 0 Å². The lowest BCUT2D eigenvalue weighted by molar-refractivity contribution is 0.180. The molecular formula is C25H35N3O2. The number of methoxy groups -OCH3 is 1. The minimum absolute atomic E-state index is 0.148. The molecule has 0 saturated carbocycles. The lowest BCUT2D eigenvalue weighted by atomic mass is 10.1. The molecule has 3 N–H and O–H groups in total. The van der Waals surface area contributed by atoms with E-state index in [4.69, 9.17) is 9.73 Å². The second-order valence-electron chi connectivity index (χ2n) is 8.12. The summed E-state index contributed by atoms with van der Waals surface area (Å²) in [4.78, 5) is 11.4. The van der Waals surface area contributed by atoms with E-state index in [1.807, 2.05) is 37.4 Å². The van der Waals surface area contributed by atoms with Crippen LogP contribution in [0.4, 0.5) is 0 Å². The third-order valence-corrected chi connectivity index (χ3v) is 5.48. The highest BCUT2D eigenvalue weighted by Gasteiger charge is 2.17. The summed E-state index contributed by atoms with van der Waals surface area (Å²) in [6.07, 6.45) is 16.5. The number of aromatic amines is 2. The lowest BCUT2D eigenvalue weighted by Crippen LogP contribution is -1.98. The first-order chi connectivity index (χ1) is 14.7. The topological polar surface area (TPSA) is 73.4 Å². The van der Waals surface area contributed by atoms with Gasteiger partial charge < -0.3 is 19.8 Å². The molecule has 2 aromatic heterocycles. The number of aliphatic imine (C=N–C) groups is 1. The summed E-state index contributed by atoms with van der Waals surface area (Å²) in [6.45, 7) is 1.87. The van der Waals surface area contributed by atoms with E-state index in [2.05, 4.69) is 22.1 Å². The number of allylic oxidation sites excluding steroid dienone is 1. The van der Waals surface area contributed by atoms with E-state index in [1.165, 1.54) is 44.2 Å². The molecule has 1 aliphatic rings. The third-order valence-electron chi connectivity index (χ3n) is 5.48. The van der Waals surface area contributed by atoms with Crippen molar-refractivity contribution in [3.63, 3.8) is 0 Å². The number of nitrogens with zero attached hydrogens (tertiary/aromatic N) is 1. The molecule has 1 atom stereocenters. The molecule has 0 aliphatic carbocycles. The summed E-state index contributed by atoms with van der Waals surface area (Å²) < 4.78 is 5.51. The minimum atomic E-state index is -0.148. The van der Waals surface area contributed by atoms with Crippen LogP contribution in [0.1, 0.15) is 75.4 Å². The molecule has 0 aromatic carbocycles. The van der Waals surface area contributed by atoms with Gasteiger partial charge in [-0.25, -0.2) is 4.99 Å². The molecule has 2 aromatic rings. The van der Waals surface area contributed by atoms with Gasteiger partial charge >= 0.3 is 0 Å². The number of hydrogen-bond acceptors (Lipinski definition) is 3.